The number of hydrogen-bond acceptors (Lipinski definition) is 2. The second-order valence-corrected chi connectivity index (χ2v) is 5.85. The lowest BCUT2D eigenvalue weighted by Gasteiger charge is -2.16. The van der Waals surface area contributed by atoms with E-state index in [-0.39, 0.29) is 0 Å². The van der Waals surface area contributed by atoms with Crippen molar-refractivity contribution in [2.45, 2.75) is 39.3 Å². The molecule has 0 aliphatic carbocycles. The van der Waals surface area contributed by atoms with Gasteiger partial charge < -0.3 is 10.6 Å². The molecular formula is C18H26N2. The Morgan fingerprint density at radius 3 is 2.40 bits per heavy atom. The zero-order chi connectivity index (χ0) is 14.4. The first kappa shape index (κ1) is 15.0. The minimum Gasteiger partial charge on any atom is -0.313 e. The summed E-state index contributed by atoms with van der Waals surface area (Å²) in [6, 6.07) is 16.4. The van der Waals surface area contributed by atoms with E-state index in [1.54, 1.807) is 0 Å². The molecule has 0 amide bonds. The van der Waals surface area contributed by atoms with Crippen LogP contribution in [0.5, 0.6) is 0 Å². The second kappa shape index (κ2) is 7.41. The van der Waals surface area contributed by atoms with E-state index in [2.05, 4.69) is 73.9 Å². The van der Waals surface area contributed by atoms with E-state index in [4.69, 9.17) is 0 Å². The maximum atomic E-state index is 3.57. The summed E-state index contributed by atoms with van der Waals surface area (Å²) in [5.74, 6) is 0. The zero-order valence-corrected chi connectivity index (χ0v) is 12.8. The van der Waals surface area contributed by atoms with Crippen LogP contribution in [-0.4, -0.2) is 25.2 Å². The highest BCUT2D eigenvalue weighted by Crippen LogP contribution is 2.15. The molecule has 108 valence electrons. The normalized spacial score (nSPS) is 13.0. The van der Waals surface area contributed by atoms with Crippen molar-refractivity contribution in [2.24, 2.45) is 0 Å². The fraction of sp³-hybridized carbons (Fsp3) is 0.444. The quantitative estimate of drug-likeness (QED) is 0.806. The molecule has 2 N–H and O–H groups in total. The Labute approximate surface area is 122 Å². The Hall–Kier alpha value is -1.38. The van der Waals surface area contributed by atoms with Crippen LogP contribution < -0.4 is 10.6 Å². The van der Waals surface area contributed by atoms with Gasteiger partial charge in [0.05, 0.1) is 0 Å². The third-order valence-corrected chi connectivity index (χ3v) is 3.55. The summed E-state index contributed by atoms with van der Waals surface area (Å²) < 4.78 is 0. The molecule has 20 heavy (non-hydrogen) atoms. The molecule has 2 nitrogen and oxygen atoms in total. The molecule has 1 atom stereocenters. The Morgan fingerprint density at radius 2 is 1.65 bits per heavy atom. The van der Waals surface area contributed by atoms with E-state index >= 15 is 0 Å². The number of fused-ring (bicyclic) bond motifs is 1. The van der Waals surface area contributed by atoms with Gasteiger partial charge in [-0.1, -0.05) is 56.3 Å². The molecule has 0 spiro atoms. The molecule has 0 radical (unpaired) electrons. The van der Waals surface area contributed by atoms with Gasteiger partial charge in [0.15, 0.2) is 0 Å². The van der Waals surface area contributed by atoms with Crippen LogP contribution in [0.4, 0.5) is 0 Å². The van der Waals surface area contributed by atoms with Crippen molar-refractivity contribution >= 4 is 10.8 Å². The summed E-state index contributed by atoms with van der Waals surface area (Å²) in [4.78, 5) is 0. The van der Waals surface area contributed by atoms with E-state index in [9.17, 15) is 0 Å². The van der Waals surface area contributed by atoms with Gasteiger partial charge in [-0.05, 0) is 36.2 Å². The van der Waals surface area contributed by atoms with Gasteiger partial charge in [-0.15, -0.1) is 0 Å². The van der Waals surface area contributed by atoms with E-state index in [1.807, 2.05) is 0 Å². The van der Waals surface area contributed by atoms with E-state index in [0.717, 1.165) is 19.5 Å². The Bertz CT molecular complexity index is 534. The molecule has 2 aromatic rings. The first-order valence-electron chi connectivity index (χ1n) is 7.59. The Balaban J connectivity index is 1.80. The highest BCUT2D eigenvalue weighted by atomic mass is 15.0. The SMILES string of the molecule is CC(C)NCC(C)NCCc1ccc2ccccc2c1. The largest absolute Gasteiger partial charge is 0.313 e. The molecule has 0 saturated heterocycles. The van der Waals surface area contributed by atoms with E-state index in [0.29, 0.717) is 12.1 Å². The second-order valence-electron chi connectivity index (χ2n) is 5.85. The summed E-state index contributed by atoms with van der Waals surface area (Å²) in [6.07, 6.45) is 1.08. The molecule has 2 rings (SSSR count). The minimum absolute atomic E-state index is 0.512. The van der Waals surface area contributed by atoms with E-state index in [1.165, 1.54) is 16.3 Å². The number of rotatable bonds is 7. The van der Waals surface area contributed by atoms with Gasteiger partial charge in [-0.25, -0.2) is 0 Å². The predicted octanol–water partition coefficient (Wildman–Crippen LogP) is 3.36. The molecule has 0 aliphatic heterocycles. The van der Waals surface area contributed by atoms with Gasteiger partial charge >= 0.3 is 0 Å². The summed E-state index contributed by atoms with van der Waals surface area (Å²) in [5, 5.41) is 9.68. The van der Waals surface area contributed by atoms with Gasteiger partial charge in [0, 0.05) is 18.6 Å². The molecular weight excluding hydrogens is 244 g/mol. The van der Waals surface area contributed by atoms with Crippen molar-refractivity contribution in [3.05, 3.63) is 48.0 Å². The van der Waals surface area contributed by atoms with Gasteiger partial charge in [0.25, 0.3) is 0 Å². The van der Waals surface area contributed by atoms with Crippen LogP contribution in [0.15, 0.2) is 42.5 Å². The molecule has 0 aromatic heterocycles. The van der Waals surface area contributed by atoms with Crippen LogP contribution >= 0.6 is 0 Å². The molecule has 1 unspecified atom stereocenters. The van der Waals surface area contributed by atoms with Crippen LogP contribution in [0, 0.1) is 0 Å². The third kappa shape index (κ3) is 4.62. The topological polar surface area (TPSA) is 24.1 Å². The van der Waals surface area contributed by atoms with Gasteiger partial charge in [-0.3, -0.25) is 0 Å². The van der Waals surface area contributed by atoms with Crippen molar-refractivity contribution in [3.63, 3.8) is 0 Å². The predicted molar refractivity (Wildman–Crippen MR) is 88.3 cm³/mol. The fourth-order valence-corrected chi connectivity index (χ4v) is 2.34. The summed E-state index contributed by atoms with van der Waals surface area (Å²) >= 11 is 0. The first-order chi connectivity index (χ1) is 9.65. The monoisotopic (exact) mass is 270 g/mol. The average molecular weight is 270 g/mol. The van der Waals surface area contributed by atoms with Gasteiger partial charge in [-0.2, -0.15) is 0 Å². The van der Waals surface area contributed by atoms with Crippen molar-refractivity contribution in [1.29, 1.82) is 0 Å². The molecule has 0 saturated carbocycles. The summed E-state index contributed by atoms with van der Waals surface area (Å²) in [6.45, 7) is 8.65. The fourth-order valence-electron chi connectivity index (χ4n) is 2.34. The molecule has 0 bridgehead atoms. The number of benzene rings is 2. The minimum atomic E-state index is 0.512. The maximum absolute atomic E-state index is 3.57. The summed E-state index contributed by atoms with van der Waals surface area (Å²) in [5.41, 5.74) is 1.40. The molecule has 0 fully saturated rings. The highest BCUT2D eigenvalue weighted by molar-refractivity contribution is 5.82. The highest BCUT2D eigenvalue weighted by Gasteiger charge is 2.02. The van der Waals surface area contributed by atoms with Crippen molar-refractivity contribution in [1.82, 2.24) is 10.6 Å². The zero-order valence-electron chi connectivity index (χ0n) is 12.8. The van der Waals surface area contributed by atoms with Crippen LogP contribution in [0.2, 0.25) is 0 Å². The Kier molecular flexibility index (Phi) is 5.57. The lowest BCUT2D eigenvalue weighted by molar-refractivity contribution is 0.477. The smallest absolute Gasteiger partial charge is 0.0164 e. The molecule has 2 aromatic carbocycles. The van der Waals surface area contributed by atoms with Crippen molar-refractivity contribution in [3.8, 4) is 0 Å². The van der Waals surface area contributed by atoms with Crippen molar-refractivity contribution < 1.29 is 0 Å². The van der Waals surface area contributed by atoms with E-state index < -0.39 is 0 Å². The van der Waals surface area contributed by atoms with Crippen LogP contribution in [0.25, 0.3) is 10.8 Å². The van der Waals surface area contributed by atoms with Crippen molar-refractivity contribution in [2.75, 3.05) is 13.1 Å². The molecule has 2 heteroatoms. The maximum Gasteiger partial charge on any atom is 0.0164 e. The first-order valence-corrected chi connectivity index (χ1v) is 7.59. The number of nitrogens with one attached hydrogen (secondary N) is 2. The summed E-state index contributed by atoms with van der Waals surface area (Å²) in [7, 11) is 0. The van der Waals surface area contributed by atoms with Crippen LogP contribution in [0.1, 0.15) is 26.3 Å². The van der Waals surface area contributed by atoms with Gasteiger partial charge in [0.1, 0.15) is 0 Å². The average Bonchev–Trinajstić information content (AvgIpc) is 2.45. The lowest BCUT2D eigenvalue weighted by Crippen LogP contribution is -2.39. The van der Waals surface area contributed by atoms with Gasteiger partial charge in [0.2, 0.25) is 0 Å². The third-order valence-electron chi connectivity index (χ3n) is 3.55. The number of hydrogen-bond donors (Lipinski definition) is 2. The van der Waals surface area contributed by atoms with Crippen LogP contribution in [-0.2, 0) is 6.42 Å². The van der Waals surface area contributed by atoms with Crippen LogP contribution in [0.3, 0.4) is 0 Å². The molecule has 0 heterocycles. The lowest BCUT2D eigenvalue weighted by atomic mass is 10.1. The standard InChI is InChI=1S/C18H26N2/c1-14(2)20-13-15(3)19-11-10-16-8-9-17-6-4-5-7-18(17)12-16/h4-9,12,14-15,19-20H,10-11,13H2,1-3H3. The molecule has 0 aliphatic rings. The Morgan fingerprint density at radius 1 is 0.900 bits per heavy atom.